The highest BCUT2D eigenvalue weighted by atomic mass is 15.3. The molecule has 2 saturated heterocycles. The first-order valence-corrected chi connectivity index (χ1v) is 8.95. The van der Waals surface area contributed by atoms with Crippen LogP contribution in [-0.2, 0) is 0 Å². The summed E-state index contributed by atoms with van der Waals surface area (Å²) in [6.07, 6.45) is 9.99. The van der Waals surface area contributed by atoms with E-state index in [4.69, 9.17) is 0 Å². The second kappa shape index (κ2) is 6.76. The van der Waals surface area contributed by atoms with Crippen LogP contribution in [-0.4, -0.2) is 61.2 Å². The lowest BCUT2D eigenvalue weighted by atomic mass is 9.98. The maximum absolute atomic E-state index is 3.70. The third-order valence-electron chi connectivity index (χ3n) is 6.17. The van der Waals surface area contributed by atoms with Gasteiger partial charge in [-0.15, -0.1) is 0 Å². The number of hydrogen-bond donors (Lipinski definition) is 1. The monoisotopic (exact) mass is 279 g/mol. The van der Waals surface area contributed by atoms with E-state index in [0.717, 1.165) is 30.6 Å². The van der Waals surface area contributed by atoms with Gasteiger partial charge in [-0.25, -0.2) is 0 Å². The second-order valence-electron chi connectivity index (χ2n) is 7.28. The van der Waals surface area contributed by atoms with Crippen LogP contribution in [0.15, 0.2) is 0 Å². The molecule has 3 heteroatoms. The Bertz CT molecular complexity index is 307. The van der Waals surface area contributed by atoms with Gasteiger partial charge in [0.25, 0.3) is 0 Å². The Labute approximate surface area is 125 Å². The Morgan fingerprint density at radius 1 is 1.05 bits per heavy atom. The number of likely N-dealkylation sites (tertiary alicyclic amines) is 1. The van der Waals surface area contributed by atoms with Crippen molar-refractivity contribution in [2.24, 2.45) is 5.92 Å². The Morgan fingerprint density at radius 2 is 1.90 bits per heavy atom. The number of likely N-dealkylation sites (N-methyl/N-ethyl adjacent to an activating group) is 1. The molecular weight excluding hydrogens is 246 g/mol. The molecule has 0 aromatic carbocycles. The summed E-state index contributed by atoms with van der Waals surface area (Å²) in [5.41, 5.74) is 0. The molecule has 0 amide bonds. The summed E-state index contributed by atoms with van der Waals surface area (Å²) in [6, 6.07) is 2.53. The zero-order chi connectivity index (χ0) is 13.9. The van der Waals surface area contributed by atoms with Crippen molar-refractivity contribution in [3.05, 3.63) is 0 Å². The van der Waals surface area contributed by atoms with Crippen LogP contribution in [0.4, 0.5) is 0 Å². The Morgan fingerprint density at radius 3 is 2.75 bits per heavy atom. The largest absolute Gasteiger partial charge is 0.314 e. The van der Waals surface area contributed by atoms with Crippen LogP contribution in [0.5, 0.6) is 0 Å². The fourth-order valence-electron chi connectivity index (χ4n) is 4.84. The maximum Gasteiger partial charge on any atom is 0.0223 e. The molecule has 1 saturated carbocycles. The van der Waals surface area contributed by atoms with Gasteiger partial charge in [-0.1, -0.05) is 13.3 Å². The van der Waals surface area contributed by atoms with Gasteiger partial charge < -0.3 is 10.2 Å². The molecule has 4 unspecified atom stereocenters. The third-order valence-corrected chi connectivity index (χ3v) is 6.17. The molecule has 20 heavy (non-hydrogen) atoms. The average Bonchev–Trinajstić information content (AvgIpc) is 2.95. The van der Waals surface area contributed by atoms with E-state index in [2.05, 4.69) is 29.1 Å². The van der Waals surface area contributed by atoms with Crippen molar-refractivity contribution in [1.82, 2.24) is 15.1 Å². The number of nitrogens with one attached hydrogen (secondary N) is 1. The van der Waals surface area contributed by atoms with Crippen LogP contribution < -0.4 is 5.32 Å². The van der Waals surface area contributed by atoms with Crippen molar-refractivity contribution >= 4 is 0 Å². The molecule has 1 N–H and O–H groups in total. The Hall–Kier alpha value is -0.120. The van der Waals surface area contributed by atoms with Gasteiger partial charge in [0.1, 0.15) is 0 Å². The summed E-state index contributed by atoms with van der Waals surface area (Å²) < 4.78 is 0. The van der Waals surface area contributed by atoms with Gasteiger partial charge in [0.15, 0.2) is 0 Å². The van der Waals surface area contributed by atoms with E-state index < -0.39 is 0 Å². The first-order chi connectivity index (χ1) is 9.78. The van der Waals surface area contributed by atoms with Crippen molar-refractivity contribution in [1.29, 1.82) is 0 Å². The van der Waals surface area contributed by atoms with Crippen molar-refractivity contribution in [2.45, 2.75) is 70.0 Å². The zero-order valence-corrected chi connectivity index (χ0v) is 13.5. The van der Waals surface area contributed by atoms with E-state index in [9.17, 15) is 0 Å². The third kappa shape index (κ3) is 3.20. The molecule has 1 aliphatic carbocycles. The predicted molar refractivity (Wildman–Crippen MR) is 85.1 cm³/mol. The highest BCUT2D eigenvalue weighted by Gasteiger charge is 2.35. The minimum Gasteiger partial charge on any atom is -0.314 e. The molecule has 2 heterocycles. The number of fused-ring (bicyclic) bond motifs is 2. The fraction of sp³-hybridized carbons (Fsp3) is 1.00. The molecule has 116 valence electrons. The zero-order valence-electron chi connectivity index (χ0n) is 13.5. The highest BCUT2D eigenvalue weighted by Crippen LogP contribution is 2.31. The summed E-state index contributed by atoms with van der Waals surface area (Å²) in [5.74, 6) is 0.938. The summed E-state index contributed by atoms with van der Waals surface area (Å²) >= 11 is 0. The number of hydrogen-bond acceptors (Lipinski definition) is 3. The normalized spacial score (nSPS) is 39.3. The van der Waals surface area contributed by atoms with Gasteiger partial charge in [0.05, 0.1) is 0 Å². The van der Waals surface area contributed by atoms with Crippen LogP contribution >= 0.6 is 0 Å². The number of nitrogens with zero attached hydrogens (tertiary/aromatic N) is 2. The average molecular weight is 279 g/mol. The molecule has 0 spiro atoms. The molecule has 0 aromatic rings. The molecule has 0 radical (unpaired) electrons. The van der Waals surface area contributed by atoms with E-state index in [0.29, 0.717) is 0 Å². The Balaban J connectivity index is 1.46. The van der Waals surface area contributed by atoms with Crippen molar-refractivity contribution < 1.29 is 0 Å². The van der Waals surface area contributed by atoms with E-state index in [1.807, 2.05) is 0 Å². The summed E-state index contributed by atoms with van der Waals surface area (Å²) in [7, 11) is 2.35. The van der Waals surface area contributed by atoms with Gasteiger partial charge in [0, 0.05) is 24.7 Å². The quantitative estimate of drug-likeness (QED) is 0.833. The second-order valence-corrected chi connectivity index (χ2v) is 7.28. The smallest absolute Gasteiger partial charge is 0.0223 e. The molecule has 2 aliphatic heterocycles. The van der Waals surface area contributed by atoms with Crippen LogP contribution in [0.1, 0.15) is 51.9 Å². The van der Waals surface area contributed by atoms with Crippen LogP contribution in [0.25, 0.3) is 0 Å². The fourth-order valence-corrected chi connectivity index (χ4v) is 4.84. The molecule has 3 fully saturated rings. The molecule has 2 bridgehead atoms. The van der Waals surface area contributed by atoms with E-state index in [-0.39, 0.29) is 0 Å². The summed E-state index contributed by atoms with van der Waals surface area (Å²) in [5, 5.41) is 3.70. The minimum absolute atomic E-state index is 0.811. The molecular formula is C17H33N3. The van der Waals surface area contributed by atoms with Crippen molar-refractivity contribution in [2.75, 3.05) is 33.2 Å². The molecule has 3 rings (SSSR count). The predicted octanol–water partition coefficient (Wildman–Crippen LogP) is 2.32. The van der Waals surface area contributed by atoms with Crippen molar-refractivity contribution in [3.8, 4) is 0 Å². The van der Waals surface area contributed by atoms with Gasteiger partial charge in [-0.2, -0.15) is 0 Å². The van der Waals surface area contributed by atoms with Gasteiger partial charge in [-0.3, -0.25) is 4.90 Å². The molecule has 4 atom stereocenters. The lowest BCUT2D eigenvalue weighted by molar-refractivity contribution is 0.206. The van der Waals surface area contributed by atoms with E-state index in [1.165, 1.54) is 64.6 Å². The molecule has 0 aromatic heterocycles. The van der Waals surface area contributed by atoms with Gasteiger partial charge in [-0.05, 0) is 71.1 Å². The summed E-state index contributed by atoms with van der Waals surface area (Å²) in [6.45, 7) is 7.38. The maximum atomic E-state index is 3.70. The minimum atomic E-state index is 0.811. The van der Waals surface area contributed by atoms with E-state index >= 15 is 0 Å². The van der Waals surface area contributed by atoms with E-state index in [1.54, 1.807) is 0 Å². The van der Waals surface area contributed by atoms with Crippen LogP contribution in [0.3, 0.4) is 0 Å². The first kappa shape index (κ1) is 14.8. The van der Waals surface area contributed by atoms with Gasteiger partial charge in [0.2, 0.25) is 0 Å². The lowest BCUT2D eigenvalue weighted by Gasteiger charge is -2.28. The Kier molecular flexibility index (Phi) is 5.00. The lowest BCUT2D eigenvalue weighted by Crippen LogP contribution is -2.38. The SMILES string of the molecule is CCNC1CCCC1CCN1CCC2CCC(C1)N2C. The van der Waals surface area contributed by atoms with Crippen molar-refractivity contribution in [3.63, 3.8) is 0 Å². The highest BCUT2D eigenvalue weighted by molar-refractivity contribution is 4.91. The van der Waals surface area contributed by atoms with Crippen LogP contribution in [0, 0.1) is 5.92 Å². The number of rotatable bonds is 5. The molecule has 3 aliphatic rings. The van der Waals surface area contributed by atoms with Gasteiger partial charge >= 0.3 is 0 Å². The van der Waals surface area contributed by atoms with Crippen LogP contribution in [0.2, 0.25) is 0 Å². The molecule has 3 nitrogen and oxygen atoms in total. The topological polar surface area (TPSA) is 18.5 Å². The first-order valence-electron chi connectivity index (χ1n) is 8.95. The summed E-state index contributed by atoms with van der Waals surface area (Å²) in [4.78, 5) is 5.43. The standard InChI is InChI=1S/C17H33N3/c1-3-18-17-6-4-5-14(17)9-11-20-12-10-15-7-8-16(13-20)19(15)2/h14-18H,3-13H2,1-2H3.